The highest BCUT2D eigenvalue weighted by Crippen LogP contribution is 2.33. The van der Waals surface area contributed by atoms with E-state index >= 15 is 0 Å². The molecule has 0 saturated heterocycles. The van der Waals surface area contributed by atoms with Crippen LogP contribution in [0.3, 0.4) is 0 Å². The number of aromatic nitrogens is 4. The van der Waals surface area contributed by atoms with Crippen molar-refractivity contribution in [2.75, 3.05) is 18.5 Å². The number of benzene rings is 1. The summed E-state index contributed by atoms with van der Waals surface area (Å²) in [5, 5.41) is 4.54. The van der Waals surface area contributed by atoms with Gasteiger partial charge in [-0.2, -0.15) is 13.5 Å². The molecule has 1 aromatic carbocycles. The van der Waals surface area contributed by atoms with Crippen molar-refractivity contribution < 1.29 is 4.74 Å². The van der Waals surface area contributed by atoms with E-state index in [2.05, 4.69) is 44.3 Å². The molecule has 1 N–H and O–H groups in total. The molecule has 0 radical (unpaired) electrons. The third-order valence-electron chi connectivity index (χ3n) is 5.28. The first-order valence-electron chi connectivity index (χ1n) is 9.79. The molecule has 152 valence electrons. The Morgan fingerprint density at radius 1 is 1.03 bits per heavy atom. The molecule has 1 atom stereocenters. The first-order valence-corrected chi connectivity index (χ1v) is 9.79. The molecule has 0 unspecified atom stereocenters. The first-order chi connectivity index (χ1) is 14.3. The molecule has 0 fully saturated rings. The van der Waals surface area contributed by atoms with Crippen molar-refractivity contribution in [2.45, 2.75) is 19.3 Å². The minimum Gasteiger partial charge on any atom is -0.491 e. The van der Waals surface area contributed by atoms with Crippen LogP contribution in [-0.4, -0.2) is 33.1 Å². The quantitative estimate of drug-likeness (QED) is 0.520. The average molecular weight is 418 g/mol. The van der Waals surface area contributed by atoms with Gasteiger partial charge in [-0.25, -0.2) is 9.97 Å². The molecule has 1 aliphatic rings. The SMILES string of the molecule is C[C@H](CNc1cc(-c2ccc3ncccc3c2)ncn1)c1ccnc2c1OCC2.S. The van der Waals surface area contributed by atoms with Gasteiger partial charge in [0.2, 0.25) is 0 Å². The molecule has 30 heavy (non-hydrogen) atoms. The number of hydrogen-bond donors (Lipinski definition) is 1. The van der Waals surface area contributed by atoms with Crippen LogP contribution in [0.15, 0.2) is 61.2 Å². The fourth-order valence-corrected chi connectivity index (χ4v) is 3.71. The molecule has 7 heteroatoms. The van der Waals surface area contributed by atoms with Gasteiger partial charge in [0.25, 0.3) is 0 Å². The van der Waals surface area contributed by atoms with Gasteiger partial charge in [0.15, 0.2) is 0 Å². The van der Waals surface area contributed by atoms with E-state index < -0.39 is 0 Å². The van der Waals surface area contributed by atoms with Gasteiger partial charge in [0.1, 0.15) is 17.9 Å². The van der Waals surface area contributed by atoms with Crippen molar-refractivity contribution in [3.05, 3.63) is 72.4 Å². The summed E-state index contributed by atoms with van der Waals surface area (Å²) in [6, 6.07) is 14.2. The van der Waals surface area contributed by atoms with Crippen molar-refractivity contribution in [1.29, 1.82) is 0 Å². The summed E-state index contributed by atoms with van der Waals surface area (Å²) in [6.07, 6.45) is 6.17. The van der Waals surface area contributed by atoms with Crippen LogP contribution in [-0.2, 0) is 6.42 Å². The van der Waals surface area contributed by atoms with Crippen LogP contribution in [0.1, 0.15) is 24.1 Å². The molecule has 4 aromatic rings. The minimum atomic E-state index is 0. The molecule has 0 spiro atoms. The highest BCUT2D eigenvalue weighted by Gasteiger charge is 2.20. The van der Waals surface area contributed by atoms with Crippen molar-refractivity contribution in [3.63, 3.8) is 0 Å². The monoisotopic (exact) mass is 417 g/mol. The van der Waals surface area contributed by atoms with Crippen LogP contribution in [0.25, 0.3) is 22.2 Å². The van der Waals surface area contributed by atoms with E-state index in [0.29, 0.717) is 0 Å². The van der Waals surface area contributed by atoms with E-state index in [1.807, 2.05) is 36.5 Å². The predicted octanol–water partition coefficient (Wildman–Crippen LogP) is 4.35. The van der Waals surface area contributed by atoms with E-state index in [1.54, 1.807) is 12.5 Å². The number of fused-ring (bicyclic) bond motifs is 2. The number of ether oxygens (including phenoxy) is 1. The molecule has 0 amide bonds. The topological polar surface area (TPSA) is 72.8 Å². The van der Waals surface area contributed by atoms with Gasteiger partial charge >= 0.3 is 0 Å². The van der Waals surface area contributed by atoms with Crippen LogP contribution in [0.5, 0.6) is 5.75 Å². The lowest BCUT2D eigenvalue weighted by atomic mass is 10.00. The van der Waals surface area contributed by atoms with Gasteiger partial charge in [0.05, 0.1) is 23.5 Å². The maximum Gasteiger partial charge on any atom is 0.144 e. The smallest absolute Gasteiger partial charge is 0.144 e. The molecule has 0 aliphatic carbocycles. The normalized spacial score (nSPS) is 13.2. The van der Waals surface area contributed by atoms with Crippen LogP contribution in [0.2, 0.25) is 0 Å². The van der Waals surface area contributed by atoms with Crippen LogP contribution in [0, 0.1) is 0 Å². The Morgan fingerprint density at radius 2 is 1.97 bits per heavy atom. The Hall–Kier alpha value is -3.19. The summed E-state index contributed by atoms with van der Waals surface area (Å²) in [7, 11) is 0. The Labute approximate surface area is 182 Å². The number of rotatable bonds is 5. The molecular formula is C23H23N5OS. The zero-order valence-corrected chi connectivity index (χ0v) is 17.7. The molecule has 1 aliphatic heterocycles. The fraction of sp³-hybridized carbons (Fsp3) is 0.217. The second kappa shape index (κ2) is 8.67. The molecule has 5 rings (SSSR count). The van der Waals surface area contributed by atoms with Crippen molar-refractivity contribution in [1.82, 2.24) is 19.9 Å². The summed E-state index contributed by atoms with van der Waals surface area (Å²) in [5.74, 6) is 2.03. The third kappa shape index (κ3) is 3.93. The largest absolute Gasteiger partial charge is 0.491 e. The maximum absolute atomic E-state index is 5.79. The maximum atomic E-state index is 5.79. The zero-order valence-electron chi connectivity index (χ0n) is 16.7. The van der Waals surface area contributed by atoms with Crippen molar-refractivity contribution in [3.8, 4) is 17.0 Å². The number of anilines is 1. The second-order valence-electron chi connectivity index (χ2n) is 7.26. The molecular weight excluding hydrogens is 394 g/mol. The van der Waals surface area contributed by atoms with Crippen molar-refractivity contribution in [2.24, 2.45) is 0 Å². The molecule has 4 heterocycles. The first kappa shape index (κ1) is 20.1. The summed E-state index contributed by atoms with van der Waals surface area (Å²) >= 11 is 0. The lowest BCUT2D eigenvalue weighted by Crippen LogP contribution is -2.12. The van der Waals surface area contributed by atoms with Gasteiger partial charge < -0.3 is 10.1 Å². The number of nitrogens with one attached hydrogen (secondary N) is 1. The van der Waals surface area contributed by atoms with Gasteiger partial charge in [-0.1, -0.05) is 19.1 Å². The molecule has 0 bridgehead atoms. The Kier molecular flexibility index (Phi) is 5.81. The number of nitrogens with zero attached hydrogens (tertiary/aromatic N) is 4. The van der Waals surface area contributed by atoms with Gasteiger partial charge in [-0.05, 0) is 24.3 Å². The highest BCUT2D eigenvalue weighted by molar-refractivity contribution is 7.59. The lowest BCUT2D eigenvalue weighted by Gasteiger charge is -2.16. The molecule has 3 aromatic heterocycles. The summed E-state index contributed by atoms with van der Waals surface area (Å²) in [4.78, 5) is 17.6. The molecule has 6 nitrogen and oxygen atoms in total. The minimum absolute atomic E-state index is 0. The number of pyridine rings is 2. The summed E-state index contributed by atoms with van der Waals surface area (Å²) < 4.78 is 5.79. The summed E-state index contributed by atoms with van der Waals surface area (Å²) in [5.41, 5.74) is 5.16. The Bertz CT molecular complexity index is 1180. The second-order valence-corrected chi connectivity index (χ2v) is 7.26. The fourth-order valence-electron chi connectivity index (χ4n) is 3.71. The Balaban J connectivity index is 0.00000218. The van der Waals surface area contributed by atoms with E-state index in [9.17, 15) is 0 Å². The Morgan fingerprint density at radius 3 is 2.90 bits per heavy atom. The highest BCUT2D eigenvalue weighted by atomic mass is 32.1. The van der Waals surface area contributed by atoms with Crippen LogP contribution < -0.4 is 10.1 Å². The van der Waals surface area contributed by atoms with Crippen LogP contribution in [0.4, 0.5) is 5.82 Å². The number of hydrogen-bond acceptors (Lipinski definition) is 6. The van der Waals surface area contributed by atoms with Gasteiger partial charge in [0, 0.05) is 53.9 Å². The van der Waals surface area contributed by atoms with E-state index in [1.165, 1.54) is 5.56 Å². The third-order valence-corrected chi connectivity index (χ3v) is 5.28. The van der Waals surface area contributed by atoms with Gasteiger partial charge in [-0.15, -0.1) is 0 Å². The molecule has 0 saturated carbocycles. The van der Waals surface area contributed by atoms with Crippen LogP contribution >= 0.6 is 13.5 Å². The van der Waals surface area contributed by atoms with Gasteiger partial charge in [-0.3, -0.25) is 9.97 Å². The lowest BCUT2D eigenvalue weighted by molar-refractivity contribution is 0.352. The standard InChI is InChI=1S/C23H21N5O.H2S/c1-15(18-6-9-25-20-7-10-29-23(18)20)13-26-22-12-21(27-14-28-22)17-4-5-19-16(11-17)3-2-8-24-19;/h2-6,8-9,11-12,14-15H,7,10,13H2,1H3,(H,26,27,28);1H2/t15-;/m1./s1. The van der Waals surface area contributed by atoms with E-state index in [4.69, 9.17) is 4.74 Å². The zero-order chi connectivity index (χ0) is 19.6. The van der Waals surface area contributed by atoms with Crippen molar-refractivity contribution >= 4 is 30.2 Å². The van der Waals surface area contributed by atoms with E-state index in [0.717, 1.165) is 59.0 Å². The average Bonchev–Trinajstić information content (AvgIpc) is 3.26. The van der Waals surface area contributed by atoms with E-state index in [-0.39, 0.29) is 19.4 Å². The predicted molar refractivity (Wildman–Crippen MR) is 123 cm³/mol. The summed E-state index contributed by atoms with van der Waals surface area (Å²) in [6.45, 7) is 3.65.